The van der Waals surface area contributed by atoms with Gasteiger partial charge in [0, 0.05) is 38.9 Å². The zero-order valence-corrected chi connectivity index (χ0v) is 20.9. The van der Waals surface area contributed by atoms with Crippen LogP contribution in [0.25, 0.3) is 0 Å². The van der Waals surface area contributed by atoms with E-state index in [1.54, 1.807) is 23.1 Å². The molecule has 35 heavy (non-hydrogen) atoms. The molecule has 3 rings (SSSR count). The Kier molecular flexibility index (Phi) is 8.94. The first-order chi connectivity index (χ1) is 16.7. The Morgan fingerprint density at radius 2 is 1.89 bits per heavy atom. The van der Waals surface area contributed by atoms with Crippen LogP contribution in [-0.2, 0) is 26.2 Å². The van der Waals surface area contributed by atoms with Crippen molar-refractivity contribution < 1.29 is 31.7 Å². The Labute approximate surface area is 205 Å². The van der Waals surface area contributed by atoms with Crippen LogP contribution in [0.15, 0.2) is 47.4 Å². The summed E-state index contributed by atoms with van der Waals surface area (Å²) in [7, 11) is -2.77. The van der Waals surface area contributed by atoms with Crippen molar-refractivity contribution in [2.24, 2.45) is 0 Å². The Bertz CT molecular complexity index is 1130. The number of carbonyl (C=O) groups is 2. The van der Waals surface area contributed by atoms with E-state index < -0.39 is 10.1 Å². The fraction of sp³-hybridized carbons (Fsp3) is 0.417. The summed E-state index contributed by atoms with van der Waals surface area (Å²) >= 11 is 0. The van der Waals surface area contributed by atoms with Crippen molar-refractivity contribution in [1.82, 2.24) is 10.2 Å². The van der Waals surface area contributed by atoms with E-state index in [1.807, 2.05) is 6.92 Å². The minimum atomic E-state index is -4.19. The molecule has 1 saturated heterocycles. The van der Waals surface area contributed by atoms with E-state index in [1.165, 1.54) is 38.3 Å². The molecular weight excluding hydrogens is 474 g/mol. The predicted molar refractivity (Wildman–Crippen MR) is 130 cm³/mol. The van der Waals surface area contributed by atoms with Gasteiger partial charge in [0.2, 0.25) is 5.91 Å². The summed E-state index contributed by atoms with van der Waals surface area (Å²) in [5, 5.41) is 5.39. The number of ether oxygens (including phenoxy) is 2. The second-order valence-electron chi connectivity index (χ2n) is 8.08. The molecule has 1 atom stereocenters. The molecule has 0 aromatic heterocycles. The maximum atomic E-state index is 12.9. The molecule has 1 fully saturated rings. The van der Waals surface area contributed by atoms with Gasteiger partial charge in [0.1, 0.15) is 4.90 Å². The molecular formula is C24H31N3O7S. The van der Waals surface area contributed by atoms with Crippen LogP contribution < -0.4 is 19.6 Å². The number of amides is 3. The predicted octanol–water partition coefficient (Wildman–Crippen LogP) is 3.13. The Morgan fingerprint density at radius 1 is 1.14 bits per heavy atom. The van der Waals surface area contributed by atoms with E-state index in [4.69, 9.17) is 13.7 Å². The second-order valence-corrected chi connectivity index (χ2v) is 9.63. The summed E-state index contributed by atoms with van der Waals surface area (Å²) in [5.41, 5.74) is 1.13. The Hall–Kier alpha value is -3.31. The van der Waals surface area contributed by atoms with Crippen LogP contribution in [0.1, 0.15) is 32.3 Å². The normalized spacial score (nSPS) is 15.3. The number of nitrogens with zero attached hydrogens (tertiary/aromatic N) is 1. The zero-order valence-electron chi connectivity index (χ0n) is 20.1. The van der Waals surface area contributed by atoms with Crippen LogP contribution in [0.4, 0.5) is 10.5 Å². The number of hydrogen-bond acceptors (Lipinski definition) is 7. The molecule has 10 nitrogen and oxygen atoms in total. The van der Waals surface area contributed by atoms with E-state index in [-0.39, 0.29) is 41.0 Å². The lowest BCUT2D eigenvalue weighted by molar-refractivity contribution is -0.114. The largest absolute Gasteiger partial charge is 0.493 e. The first-order valence-electron chi connectivity index (χ1n) is 11.3. The minimum Gasteiger partial charge on any atom is -0.493 e. The van der Waals surface area contributed by atoms with Crippen molar-refractivity contribution in [2.75, 3.05) is 32.1 Å². The van der Waals surface area contributed by atoms with E-state index in [0.29, 0.717) is 30.9 Å². The zero-order chi connectivity index (χ0) is 25.4. The third-order valence-electron chi connectivity index (χ3n) is 5.33. The third kappa shape index (κ3) is 7.33. The molecule has 190 valence electrons. The number of methoxy groups -OCH3 is 1. The lowest BCUT2D eigenvalue weighted by atomic mass is 10.1. The van der Waals surface area contributed by atoms with Gasteiger partial charge < -0.3 is 29.2 Å². The molecule has 0 bridgehead atoms. The van der Waals surface area contributed by atoms with Crippen molar-refractivity contribution in [3.05, 3.63) is 48.0 Å². The van der Waals surface area contributed by atoms with Gasteiger partial charge in [-0.3, -0.25) is 4.79 Å². The molecule has 0 saturated carbocycles. The molecule has 1 aliphatic rings. The third-order valence-corrected chi connectivity index (χ3v) is 6.58. The van der Waals surface area contributed by atoms with E-state index in [2.05, 4.69) is 10.6 Å². The molecule has 1 heterocycles. The summed E-state index contributed by atoms with van der Waals surface area (Å²) in [5.74, 6) is -0.0284. The van der Waals surface area contributed by atoms with Crippen molar-refractivity contribution in [3.8, 4) is 11.5 Å². The Morgan fingerprint density at radius 3 is 2.49 bits per heavy atom. The van der Waals surface area contributed by atoms with Crippen molar-refractivity contribution in [2.45, 2.75) is 44.2 Å². The van der Waals surface area contributed by atoms with E-state index >= 15 is 0 Å². The second kappa shape index (κ2) is 11.9. The average Bonchev–Trinajstić information content (AvgIpc) is 3.32. The van der Waals surface area contributed by atoms with Gasteiger partial charge in [-0.1, -0.05) is 6.07 Å². The fourth-order valence-electron chi connectivity index (χ4n) is 3.70. The number of carbonyl (C=O) groups excluding carboxylic acids is 2. The molecule has 1 aliphatic heterocycles. The molecule has 2 aromatic rings. The molecule has 2 N–H and O–H groups in total. The highest BCUT2D eigenvalue weighted by Crippen LogP contribution is 2.32. The molecule has 3 amide bonds. The van der Waals surface area contributed by atoms with Gasteiger partial charge in [0.25, 0.3) is 0 Å². The standard InChI is InChI=1S/C24H31N3O7S/c1-4-25-24(29)27(16-20-6-5-13-33-20)15-18-7-12-22(32-3)23(14-18)34-35(30,31)21-10-8-19(9-11-21)26-17(2)28/h7-12,14,20H,4-6,13,15-16H2,1-3H3,(H,25,29)(H,26,28)/t20-/m0/s1. The van der Waals surface area contributed by atoms with Crippen molar-refractivity contribution >= 4 is 27.7 Å². The summed E-state index contributed by atoms with van der Waals surface area (Å²) in [6.45, 7) is 5.02. The van der Waals surface area contributed by atoms with Gasteiger partial charge in [0.15, 0.2) is 11.5 Å². The number of nitrogens with one attached hydrogen (secondary N) is 2. The smallest absolute Gasteiger partial charge is 0.339 e. The number of benzene rings is 2. The van der Waals surface area contributed by atoms with E-state index in [0.717, 1.165) is 12.8 Å². The van der Waals surface area contributed by atoms with Gasteiger partial charge in [0.05, 0.1) is 13.2 Å². The first kappa shape index (κ1) is 26.3. The quantitative estimate of drug-likeness (QED) is 0.476. The molecule has 2 aromatic carbocycles. The average molecular weight is 506 g/mol. The number of urea groups is 1. The lowest BCUT2D eigenvalue weighted by Gasteiger charge is -2.26. The molecule has 0 radical (unpaired) electrons. The number of anilines is 1. The van der Waals surface area contributed by atoms with Crippen LogP contribution in [0.3, 0.4) is 0 Å². The summed E-state index contributed by atoms with van der Waals surface area (Å²) in [4.78, 5) is 25.4. The van der Waals surface area contributed by atoms with Crippen LogP contribution in [0.2, 0.25) is 0 Å². The van der Waals surface area contributed by atoms with Gasteiger partial charge in [-0.2, -0.15) is 8.42 Å². The van der Waals surface area contributed by atoms with Crippen molar-refractivity contribution in [1.29, 1.82) is 0 Å². The summed E-state index contributed by atoms with van der Waals surface area (Å²) < 4.78 is 42.2. The SMILES string of the molecule is CCNC(=O)N(Cc1ccc(OC)c(OS(=O)(=O)c2ccc(NC(C)=O)cc2)c1)C[C@@H]1CCCO1. The maximum Gasteiger partial charge on any atom is 0.339 e. The van der Waals surface area contributed by atoms with Gasteiger partial charge in [-0.25, -0.2) is 4.79 Å². The molecule has 0 spiro atoms. The fourth-order valence-corrected chi connectivity index (χ4v) is 4.63. The highest BCUT2D eigenvalue weighted by molar-refractivity contribution is 7.87. The maximum absolute atomic E-state index is 12.9. The van der Waals surface area contributed by atoms with Crippen LogP contribution >= 0.6 is 0 Å². The number of rotatable bonds is 10. The highest BCUT2D eigenvalue weighted by Gasteiger charge is 2.24. The Balaban J connectivity index is 1.81. The van der Waals surface area contributed by atoms with Crippen LogP contribution in [0.5, 0.6) is 11.5 Å². The highest BCUT2D eigenvalue weighted by atomic mass is 32.2. The monoisotopic (exact) mass is 505 g/mol. The van der Waals surface area contributed by atoms with Gasteiger partial charge >= 0.3 is 16.1 Å². The molecule has 0 aliphatic carbocycles. The molecule has 11 heteroatoms. The van der Waals surface area contributed by atoms with E-state index in [9.17, 15) is 18.0 Å². The first-order valence-corrected chi connectivity index (χ1v) is 12.8. The summed E-state index contributed by atoms with van der Waals surface area (Å²) in [6, 6.07) is 10.3. The van der Waals surface area contributed by atoms with Crippen molar-refractivity contribution in [3.63, 3.8) is 0 Å². The van der Waals surface area contributed by atoms with Crippen LogP contribution in [-0.4, -0.2) is 58.2 Å². The topological polar surface area (TPSA) is 123 Å². The van der Waals surface area contributed by atoms with Gasteiger partial charge in [-0.15, -0.1) is 0 Å². The summed E-state index contributed by atoms with van der Waals surface area (Å²) in [6.07, 6.45) is 1.80. The van der Waals surface area contributed by atoms with Crippen LogP contribution in [0, 0.1) is 0 Å². The van der Waals surface area contributed by atoms with Gasteiger partial charge in [-0.05, 0) is 61.7 Å². The molecule has 0 unspecified atom stereocenters. The minimum absolute atomic E-state index is 0.00361. The number of hydrogen-bond donors (Lipinski definition) is 2. The lowest BCUT2D eigenvalue weighted by Crippen LogP contribution is -2.43.